The molecule has 0 aromatic carbocycles. The Bertz CT molecular complexity index is 360. The topological polar surface area (TPSA) is 29.5 Å². The molecule has 0 aromatic rings. The summed E-state index contributed by atoms with van der Waals surface area (Å²) in [5.41, 5.74) is 0.451. The highest BCUT2D eigenvalue weighted by Gasteiger charge is 2.53. The van der Waals surface area contributed by atoms with Gasteiger partial charge in [-0.25, -0.2) is 0 Å². The van der Waals surface area contributed by atoms with Gasteiger partial charge in [-0.1, -0.05) is 41.0 Å². The molecule has 2 aliphatic rings. The Labute approximate surface area is 145 Å². The molecule has 3 heteroatoms. The molecule has 0 aromatic heterocycles. The zero-order valence-corrected chi connectivity index (χ0v) is 17.2. The number of hydrogen-bond acceptors (Lipinski definition) is 2. The van der Waals surface area contributed by atoms with Crippen molar-refractivity contribution in [3.8, 4) is 0 Å². The molecule has 0 saturated heterocycles. The molecular weight excluding hydrogens is 300 g/mol. The predicted octanol–water partition coefficient (Wildman–Crippen LogP) is 5.61. The van der Waals surface area contributed by atoms with Crippen LogP contribution < -0.4 is 0 Å². The molecule has 2 fully saturated rings. The number of aliphatic hydroxyl groups is 1. The van der Waals surface area contributed by atoms with Crippen molar-refractivity contribution in [2.75, 3.05) is 6.61 Å². The second-order valence-corrected chi connectivity index (χ2v) is 13.3. The molecule has 0 amide bonds. The molecule has 2 saturated carbocycles. The number of hydrogen-bond donors (Lipinski definition) is 1. The van der Waals surface area contributed by atoms with Crippen molar-refractivity contribution in [1.29, 1.82) is 0 Å². The first-order chi connectivity index (χ1) is 11.0. The van der Waals surface area contributed by atoms with Crippen LogP contribution in [0.2, 0.25) is 18.1 Å². The van der Waals surface area contributed by atoms with Crippen molar-refractivity contribution in [1.82, 2.24) is 0 Å². The molecule has 2 nitrogen and oxygen atoms in total. The summed E-state index contributed by atoms with van der Waals surface area (Å²) in [4.78, 5) is 0. The van der Waals surface area contributed by atoms with Crippen LogP contribution in [0.5, 0.6) is 0 Å². The van der Waals surface area contributed by atoms with Crippen LogP contribution in [0.4, 0.5) is 0 Å². The average Bonchev–Trinajstić information content (AvgIpc) is 2.91. The van der Waals surface area contributed by atoms with Crippen LogP contribution in [0.15, 0.2) is 0 Å². The van der Waals surface area contributed by atoms with Crippen molar-refractivity contribution in [3.05, 3.63) is 0 Å². The van der Waals surface area contributed by atoms with E-state index >= 15 is 0 Å². The fourth-order valence-corrected chi connectivity index (χ4v) is 8.89. The Morgan fingerprint density at radius 3 is 2.35 bits per heavy atom. The van der Waals surface area contributed by atoms with E-state index in [0.29, 0.717) is 24.0 Å². The molecule has 0 aliphatic heterocycles. The van der Waals surface area contributed by atoms with Crippen LogP contribution in [-0.2, 0) is 4.43 Å². The lowest BCUT2D eigenvalue weighted by molar-refractivity contribution is -0.0214. The first kappa shape index (κ1) is 19.5. The predicted molar refractivity (Wildman–Crippen MR) is 101 cm³/mol. The van der Waals surface area contributed by atoms with Gasteiger partial charge in [0.2, 0.25) is 0 Å². The van der Waals surface area contributed by atoms with E-state index in [4.69, 9.17) is 4.43 Å². The Kier molecular flexibility index (Phi) is 6.78. The molecule has 0 heterocycles. The number of rotatable bonds is 8. The minimum absolute atomic E-state index is 0.343. The normalized spacial score (nSPS) is 36.0. The number of fused-ring (bicyclic) bond motifs is 1. The van der Waals surface area contributed by atoms with E-state index in [-0.39, 0.29) is 0 Å². The summed E-state index contributed by atoms with van der Waals surface area (Å²) in [5, 5.41) is 9.36. The van der Waals surface area contributed by atoms with Crippen LogP contribution >= 0.6 is 0 Å². The van der Waals surface area contributed by atoms with Crippen molar-refractivity contribution in [2.24, 2.45) is 23.2 Å². The van der Waals surface area contributed by atoms with E-state index < -0.39 is 8.32 Å². The van der Waals surface area contributed by atoms with Crippen LogP contribution in [-0.4, -0.2) is 26.1 Å². The minimum atomic E-state index is -1.50. The highest BCUT2D eigenvalue weighted by molar-refractivity contribution is 6.73. The Balaban J connectivity index is 2.14. The van der Waals surface area contributed by atoms with Crippen molar-refractivity contribution in [2.45, 2.75) is 97.4 Å². The van der Waals surface area contributed by atoms with E-state index in [0.717, 1.165) is 18.3 Å². The van der Waals surface area contributed by atoms with Crippen LogP contribution in [0.3, 0.4) is 0 Å². The molecule has 1 unspecified atom stereocenters. The third kappa shape index (κ3) is 3.72. The molecule has 2 aliphatic carbocycles. The average molecular weight is 341 g/mol. The summed E-state index contributed by atoms with van der Waals surface area (Å²) in [6.45, 7) is 12.3. The van der Waals surface area contributed by atoms with Crippen LogP contribution in [0, 0.1) is 23.2 Å². The van der Waals surface area contributed by atoms with Gasteiger partial charge in [-0.3, -0.25) is 0 Å². The summed E-state index contributed by atoms with van der Waals surface area (Å²) in [6, 6.07) is 3.80. The lowest BCUT2D eigenvalue weighted by atomic mass is 9.61. The monoisotopic (exact) mass is 340 g/mol. The first-order valence-electron chi connectivity index (χ1n) is 10.2. The Hall–Kier alpha value is 0.137. The van der Waals surface area contributed by atoms with Crippen LogP contribution in [0.1, 0.15) is 73.1 Å². The molecule has 0 spiro atoms. The van der Waals surface area contributed by atoms with E-state index in [1.807, 2.05) is 0 Å². The maximum absolute atomic E-state index is 9.36. The SMILES string of the molecule is CC[Si](CC)(CC)O[C@H]1CCCC2(C)[C@@H]([C@@H](C)CCO)CC[C@@H]12. The second-order valence-electron chi connectivity index (χ2n) is 8.58. The lowest BCUT2D eigenvalue weighted by Gasteiger charge is -2.48. The fraction of sp³-hybridized carbons (Fsp3) is 1.00. The highest BCUT2D eigenvalue weighted by atomic mass is 28.4. The van der Waals surface area contributed by atoms with Gasteiger partial charge in [-0.05, 0) is 73.4 Å². The van der Waals surface area contributed by atoms with Gasteiger partial charge in [0, 0.05) is 12.7 Å². The molecule has 0 bridgehead atoms. The molecule has 136 valence electrons. The summed E-state index contributed by atoms with van der Waals surface area (Å²) in [5.74, 6) is 2.20. The third-order valence-corrected chi connectivity index (χ3v) is 12.4. The van der Waals surface area contributed by atoms with E-state index in [9.17, 15) is 5.11 Å². The van der Waals surface area contributed by atoms with E-state index in [1.165, 1.54) is 50.2 Å². The van der Waals surface area contributed by atoms with E-state index in [2.05, 4.69) is 34.6 Å². The maximum atomic E-state index is 9.36. The van der Waals surface area contributed by atoms with Crippen molar-refractivity contribution < 1.29 is 9.53 Å². The molecule has 0 radical (unpaired) electrons. The molecular formula is C20H40O2Si. The number of aliphatic hydroxyl groups excluding tert-OH is 1. The summed E-state index contributed by atoms with van der Waals surface area (Å²) in [7, 11) is -1.50. The zero-order valence-electron chi connectivity index (χ0n) is 16.2. The Morgan fingerprint density at radius 1 is 1.13 bits per heavy atom. The second kappa shape index (κ2) is 8.01. The third-order valence-electron chi connectivity index (χ3n) is 7.74. The zero-order chi connectivity index (χ0) is 17.1. The smallest absolute Gasteiger partial charge is 0.192 e. The quantitative estimate of drug-likeness (QED) is 0.582. The summed E-state index contributed by atoms with van der Waals surface area (Å²) >= 11 is 0. The van der Waals surface area contributed by atoms with Crippen LogP contribution in [0.25, 0.3) is 0 Å². The van der Waals surface area contributed by atoms with Crippen molar-refractivity contribution >= 4 is 8.32 Å². The molecule has 2 rings (SSSR count). The highest BCUT2D eigenvalue weighted by Crippen LogP contribution is 2.59. The fourth-order valence-electron chi connectivity index (χ4n) is 5.96. The lowest BCUT2D eigenvalue weighted by Crippen LogP contribution is -2.48. The van der Waals surface area contributed by atoms with Gasteiger partial charge in [0.25, 0.3) is 0 Å². The van der Waals surface area contributed by atoms with Gasteiger partial charge in [-0.15, -0.1) is 0 Å². The van der Waals surface area contributed by atoms with Gasteiger partial charge in [0.15, 0.2) is 8.32 Å². The largest absolute Gasteiger partial charge is 0.414 e. The molecule has 5 atom stereocenters. The minimum Gasteiger partial charge on any atom is -0.414 e. The molecule has 23 heavy (non-hydrogen) atoms. The van der Waals surface area contributed by atoms with Gasteiger partial charge in [0.05, 0.1) is 0 Å². The van der Waals surface area contributed by atoms with Gasteiger partial charge < -0.3 is 9.53 Å². The standard InChI is InChI=1S/C20H40O2Si/c1-6-23(7-2,8-3)22-19-10-9-14-20(5)17(11-12-18(19)20)16(4)13-15-21/h16-19,21H,6-15H2,1-5H3/t16-,17+,18-,19-,20?/m0/s1. The van der Waals surface area contributed by atoms with Gasteiger partial charge in [-0.2, -0.15) is 0 Å². The summed E-state index contributed by atoms with van der Waals surface area (Å²) in [6.07, 6.45) is 8.18. The van der Waals surface area contributed by atoms with Crippen molar-refractivity contribution in [3.63, 3.8) is 0 Å². The van der Waals surface area contributed by atoms with E-state index in [1.54, 1.807) is 0 Å². The maximum Gasteiger partial charge on any atom is 0.192 e. The molecule has 1 N–H and O–H groups in total. The van der Waals surface area contributed by atoms with Gasteiger partial charge in [0.1, 0.15) is 0 Å². The first-order valence-corrected chi connectivity index (χ1v) is 12.8. The van der Waals surface area contributed by atoms with Gasteiger partial charge >= 0.3 is 0 Å². The Morgan fingerprint density at radius 2 is 1.78 bits per heavy atom. The summed E-state index contributed by atoms with van der Waals surface area (Å²) < 4.78 is 6.98.